The molecule has 0 saturated carbocycles. The van der Waals surface area contributed by atoms with E-state index in [0.29, 0.717) is 11.8 Å². The molecular weight excluding hydrogens is 328 g/mol. The van der Waals surface area contributed by atoms with Gasteiger partial charge in [0, 0.05) is 25.2 Å². The Hall–Kier alpha value is -2.53. The van der Waals surface area contributed by atoms with Crippen LogP contribution >= 0.6 is 0 Å². The van der Waals surface area contributed by atoms with Crippen molar-refractivity contribution in [2.75, 3.05) is 26.8 Å². The Labute approximate surface area is 154 Å². The third kappa shape index (κ3) is 4.76. The Morgan fingerprint density at radius 2 is 1.85 bits per heavy atom. The standard InChI is InChI=1S/C21H26N2O3/c1-16(17-6-4-3-5-7-17)23-13-12-18(14-23)22-21(24)15-26-20-10-8-19(25-2)9-11-20/h3-11,16,18H,12-15H2,1-2H3,(H,22,24)/t16-,18+/m1/s1. The van der Waals surface area contributed by atoms with Crippen molar-refractivity contribution in [1.29, 1.82) is 0 Å². The number of methoxy groups -OCH3 is 1. The first-order valence-electron chi connectivity index (χ1n) is 9.01. The molecule has 0 unspecified atom stereocenters. The number of amides is 1. The molecule has 0 radical (unpaired) electrons. The summed E-state index contributed by atoms with van der Waals surface area (Å²) in [7, 11) is 1.62. The Morgan fingerprint density at radius 3 is 2.54 bits per heavy atom. The van der Waals surface area contributed by atoms with Crippen molar-refractivity contribution in [2.24, 2.45) is 0 Å². The highest BCUT2D eigenvalue weighted by atomic mass is 16.5. The van der Waals surface area contributed by atoms with Crippen LogP contribution < -0.4 is 14.8 Å². The Kier molecular flexibility index (Phi) is 6.12. The summed E-state index contributed by atoms with van der Waals surface area (Å²) in [6.07, 6.45) is 0.964. The van der Waals surface area contributed by atoms with E-state index in [4.69, 9.17) is 9.47 Å². The zero-order valence-corrected chi connectivity index (χ0v) is 15.4. The van der Waals surface area contributed by atoms with Crippen LogP contribution in [0.1, 0.15) is 24.9 Å². The van der Waals surface area contributed by atoms with E-state index in [0.717, 1.165) is 25.3 Å². The van der Waals surface area contributed by atoms with Crippen molar-refractivity contribution in [2.45, 2.75) is 25.4 Å². The molecule has 1 heterocycles. The summed E-state index contributed by atoms with van der Waals surface area (Å²) in [5.41, 5.74) is 1.31. The maximum atomic E-state index is 12.2. The summed E-state index contributed by atoms with van der Waals surface area (Å²) in [4.78, 5) is 14.6. The van der Waals surface area contributed by atoms with Gasteiger partial charge in [0.1, 0.15) is 11.5 Å². The van der Waals surface area contributed by atoms with Crippen LogP contribution in [0.2, 0.25) is 0 Å². The second kappa shape index (κ2) is 8.72. The average molecular weight is 354 g/mol. The van der Waals surface area contributed by atoms with Gasteiger partial charge in [-0.25, -0.2) is 0 Å². The van der Waals surface area contributed by atoms with Gasteiger partial charge in [-0.2, -0.15) is 0 Å². The average Bonchev–Trinajstić information content (AvgIpc) is 3.15. The summed E-state index contributed by atoms with van der Waals surface area (Å²) in [5, 5.41) is 3.08. The van der Waals surface area contributed by atoms with Crippen molar-refractivity contribution < 1.29 is 14.3 Å². The number of carbonyl (C=O) groups is 1. The van der Waals surface area contributed by atoms with Crippen LogP contribution in [0.5, 0.6) is 11.5 Å². The van der Waals surface area contributed by atoms with Gasteiger partial charge in [-0.3, -0.25) is 9.69 Å². The number of hydrogen-bond donors (Lipinski definition) is 1. The number of nitrogens with zero attached hydrogens (tertiary/aromatic N) is 1. The molecule has 2 aromatic carbocycles. The van der Waals surface area contributed by atoms with E-state index in [-0.39, 0.29) is 18.6 Å². The number of hydrogen-bond acceptors (Lipinski definition) is 4. The van der Waals surface area contributed by atoms with E-state index in [2.05, 4.69) is 41.4 Å². The van der Waals surface area contributed by atoms with Crippen LogP contribution in [0.15, 0.2) is 54.6 Å². The zero-order valence-electron chi connectivity index (χ0n) is 15.4. The topological polar surface area (TPSA) is 50.8 Å². The second-order valence-corrected chi connectivity index (χ2v) is 6.60. The summed E-state index contributed by atoms with van der Waals surface area (Å²) in [6.45, 7) is 4.09. The van der Waals surface area contributed by atoms with E-state index in [1.807, 2.05) is 18.2 Å². The van der Waals surface area contributed by atoms with Gasteiger partial charge >= 0.3 is 0 Å². The molecule has 5 heteroatoms. The quantitative estimate of drug-likeness (QED) is 0.830. The van der Waals surface area contributed by atoms with Crippen molar-refractivity contribution in [3.63, 3.8) is 0 Å². The molecule has 3 rings (SSSR count). The first kappa shape index (κ1) is 18.3. The molecule has 1 fully saturated rings. The molecule has 26 heavy (non-hydrogen) atoms. The molecule has 138 valence electrons. The summed E-state index contributed by atoms with van der Waals surface area (Å²) in [5.74, 6) is 1.34. The van der Waals surface area contributed by atoms with Crippen LogP contribution in [0.3, 0.4) is 0 Å². The molecule has 1 saturated heterocycles. The minimum Gasteiger partial charge on any atom is -0.497 e. The lowest BCUT2D eigenvalue weighted by atomic mass is 10.1. The van der Waals surface area contributed by atoms with Crippen LogP contribution in [0.25, 0.3) is 0 Å². The van der Waals surface area contributed by atoms with Crippen LogP contribution in [-0.2, 0) is 4.79 Å². The number of nitrogens with one attached hydrogen (secondary N) is 1. The van der Waals surface area contributed by atoms with E-state index in [1.54, 1.807) is 19.2 Å². The minimum atomic E-state index is -0.0833. The summed E-state index contributed by atoms with van der Waals surface area (Å²) < 4.78 is 10.6. The van der Waals surface area contributed by atoms with Crippen molar-refractivity contribution in [1.82, 2.24) is 10.2 Å². The molecule has 0 spiro atoms. The monoisotopic (exact) mass is 354 g/mol. The predicted octanol–water partition coefficient (Wildman–Crippen LogP) is 3.03. The van der Waals surface area contributed by atoms with Gasteiger partial charge < -0.3 is 14.8 Å². The lowest BCUT2D eigenvalue weighted by Crippen LogP contribution is -2.40. The molecule has 2 aromatic rings. The Bertz CT molecular complexity index is 703. The number of rotatable bonds is 7. The fraction of sp³-hybridized carbons (Fsp3) is 0.381. The Balaban J connectivity index is 1.43. The minimum absolute atomic E-state index is 0.0249. The molecule has 1 N–H and O–H groups in total. The third-order valence-corrected chi connectivity index (χ3v) is 4.84. The molecule has 1 amide bonds. The van der Waals surface area contributed by atoms with E-state index in [1.165, 1.54) is 5.56 Å². The highest BCUT2D eigenvalue weighted by Crippen LogP contribution is 2.24. The normalized spacial score (nSPS) is 18.3. The number of benzene rings is 2. The zero-order chi connectivity index (χ0) is 18.4. The maximum absolute atomic E-state index is 12.2. The van der Waals surface area contributed by atoms with Gasteiger partial charge in [0.05, 0.1) is 7.11 Å². The lowest BCUT2D eigenvalue weighted by Gasteiger charge is -2.24. The summed E-state index contributed by atoms with van der Waals surface area (Å²) in [6, 6.07) is 18.2. The number of ether oxygens (including phenoxy) is 2. The number of likely N-dealkylation sites (tertiary alicyclic amines) is 1. The van der Waals surface area contributed by atoms with Gasteiger partial charge in [-0.15, -0.1) is 0 Å². The largest absolute Gasteiger partial charge is 0.497 e. The molecule has 1 aliphatic rings. The maximum Gasteiger partial charge on any atom is 0.258 e. The molecule has 0 aliphatic carbocycles. The molecule has 5 nitrogen and oxygen atoms in total. The van der Waals surface area contributed by atoms with Crippen LogP contribution in [0.4, 0.5) is 0 Å². The summed E-state index contributed by atoms with van der Waals surface area (Å²) >= 11 is 0. The van der Waals surface area contributed by atoms with E-state index >= 15 is 0 Å². The van der Waals surface area contributed by atoms with E-state index in [9.17, 15) is 4.79 Å². The van der Waals surface area contributed by atoms with Gasteiger partial charge in [0.2, 0.25) is 0 Å². The van der Waals surface area contributed by atoms with Crippen molar-refractivity contribution >= 4 is 5.91 Å². The van der Waals surface area contributed by atoms with Crippen molar-refractivity contribution in [3.05, 3.63) is 60.2 Å². The molecular formula is C21H26N2O3. The highest BCUT2D eigenvalue weighted by molar-refractivity contribution is 5.77. The van der Waals surface area contributed by atoms with Crippen LogP contribution in [0, 0.1) is 0 Å². The van der Waals surface area contributed by atoms with Gasteiger partial charge in [-0.05, 0) is 43.2 Å². The lowest BCUT2D eigenvalue weighted by molar-refractivity contribution is -0.123. The Morgan fingerprint density at radius 1 is 1.15 bits per heavy atom. The molecule has 1 aliphatic heterocycles. The predicted molar refractivity (Wildman–Crippen MR) is 101 cm³/mol. The molecule has 2 atom stereocenters. The van der Waals surface area contributed by atoms with Gasteiger partial charge in [0.25, 0.3) is 5.91 Å². The first-order chi connectivity index (χ1) is 12.7. The second-order valence-electron chi connectivity index (χ2n) is 6.60. The van der Waals surface area contributed by atoms with E-state index < -0.39 is 0 Å². The van der Waals surface area contributed by atoms with Crippen molar-refractivity contribution in [3.8, 4) is 11.5 Å². The van der Waals surface area contributed by atoms with Gasteiger partial charge in [0.15, 0.2) is 6.61 Å². The fourth-order valence-corrected chi connectivity index (χ4v) is 3.29. The highest BCUT2D eigenvalue weighted by Gasteiger charge is 2.27. The van der Waals surface area contributed by atoms with Crippen LogP contribution in [-0.4, -0.2) is 43.7 Å². The first-order valence-corrected chi connectivity index (χ1v) is 9.01. The fourth-order valence-electron chi connectivity index (χ4n) is 3.29. The smallest absolute Gasteiger partial charge is 0.258 e. The SMILES string of the molecule is COc1ccc(OCC(=O)N[C@H]2CCN([C@H](C)c3ccccc3)C2)cc1. The molecule has 0 aromatic heterocycles. The van der Waals surface area contributed by atoms with Gasteiger partial charge in [-0.1, -0.05) is 30.3 Å². The molecule has 0 bridgehead atoms. The third-order valence-electron chi connectivity index (χ3n) is 4.84. The number of carbonyl (C=O) groups excluding carboxylic acids is 1.